The Bertz CT molecular complexity index is 619. The first kappa shape index (κ1) is 15.5. The zero-order valence-electron chi connectivity index (χ0n) is 12.4. The molecule has 21 heavy (non-hydrogen) atoms. The van der Waals surface area contributed by atoms with Crippen molar-refractivity contribution in [2.75, 3.05) is 30.9 Å². The van der Waals surface area contributed by atoms with Gasteiger partial charge in [-0.25, -0.2) is 4.98 Å². The third kappa shape index (κ3) is 4.58. The van der Waals surface area contributed by atoms with Crippen LogP contribution in [0.2, 0.25) is 5.02 Å². The van der Waals surface area contributed by atoms with Gasteiger partial charge in [0.2, 0.25) is 5.95 Å². The molecule has 2 rings (SSSR count). The predicted octanol–water partition coefficient (Wildman–Crippen LogP) is 3.55. The van der Waals surface area contributed by atoms with Crippen molar-refractivity contribution in [1.82, 2.24) is 9.97 Å². The van der Waals surface area contributed by atoms with Crippen molar-refractivity contribution < 1.29 is 4.74 Å². The molecular formula is C15H19ClN4O. The lowest BCUT2D eigenvalue weighted by Gasteiger charge is -2.10. The number of nitrogens with zero attached hydrogens (tertiary/aromatic N) is 2. The molecule has 1 aromatic carbocycles. The number of hydrogen-bond donors (Lipinski definition) is 2. The molecule has 5 nitrogen and oxygen atoms in total. The van der Waals surface area contributed by atoms with Crippen LogP contribution in [0.4, 0.5) is 17.5 Å². The predicted molar refractivity (Wildman–Crippen MR) is 86.6 cm³/mol. The fourth-order valence-electron chi connectivity index (χ4n) is 1.80. The van der Waals surface area contributed by atoms with Gasteiger partial charge >= 0.3 is 0 Å². The van der Waals surface area contributed by atoms with Crippen LogP contribution in [0.1, 0.15) is 11.3 Å². The molecular weight excluding hydrogens is 288 g/mol. The van der Waals surface area contributed by atoms with Gasteiger partial charge in [-0.05, 0) is 31.5 Å². The quantitative estimate of drug-likeness (QED) is 0.799. The second-order valence-electron chi connectivity index (χ2n) is 4.73. The highest BCUT2D eigenvalue weighted by molar-refractivity contribution is 6.31. The number of hydrogen-bond acceptors (Lipinski definition) is 5. The molecule has 1 heterocycles. The first-order valence-corrected chi connectivity index (χ1v) is 7.08. The summed E-state index contributed by atoms with van der Waals surface area (Å²) in [5.74, 6) is 1.30. The Morgan fingerprint density at radius 3 is 2.71 bits per heavy atom. The normalized spacial score (nSPS) is 10.5. The minimum atomic E-state index is 0.577. The maximum Gasteiger partial charge on any atom is 0.224 e. The van der Waals surface area contributed by atoms with E-state index in [0.717, 1.165) is 27.8 Å². The second kappa shape index (κ2) is 7.24. The number of methoxy groups -OCH3 is 1. The van der Waals surface area contributed by atoms with Crippen molar-refractivity contribution in [3.05, 3.63) is 40.5 Å². The number of aromatic nitrogens is 2. The van der Waals surface area contributed by atoms with Crippen molar-refractivity contribution in [2.24, 2.45) is 0 Å². The van der Waals surface area contributed by atoms with Crippen LogP contribution in [0.15, 0.2) is 24.3 Å². The third-order valence-corrected chi connectivity index (χ3v) is 3.29. The van der Waals surface area contributed by atoms with Gasteiger partial charge in [-0.2, -0.15) is 4.98 Å². The lowest BCUT2D eigenvalue weighted by Crippen LogP contribution is -2.11. The van der Waals surface area contributed by atoms with Crippen LogP contribution >= 0.6 is 11.6 Å². The Kier molecular flexibility index (Phi) is 5.36. The van der Waals surface area contributed by atoms with Crippen molar-refractivity contribution in [2.45, 2.75) is 13.8 Å². The third-order valence-electron chi connectivity index (χ3n) is 2.89. The molecule has 2 aromatic rings. The summed E-state index contributed by atoms with van der Waals surface area (Å²) in [6.45, 7) is 5.17. The van der Waals surface area contributed by atoms with Gasteiger partial charge in [-0.1, -0.05) is 17.7 Å². The van der Waals surface area contributed by atoms with E-state index in [0.29, 0.717) is 19.1 Å². The molecule has 0 aliphatic carbocycles. The SMILES string of the molecule is COCCNc1nc(C)cc(Nc2ccc(C)c(Cl)c2)n1. The number of benzene rings is 1. The van der Waals surface area contributed by atoms with Crippen molar-refractivity contribution in [3.8, 4) is 0 Å². The lowest BCUT2D eigenvalue weighted by molar-refractivity contribution is 0.210. The largest absolute Gasteiger partial charge is 0.383 e. The summed E-state index contributed by atoms with van der Waals surface area (Å²) in [6.07, 6.45) is 0. The number of rotatable bonds is 6. The van der Waals surface area contributed by atoms with Crippen LogP contribution < -0.4 is 10.6 Å². The van der Waals surface area contributed by atoms with E-state index < -0.39 is 0 Å². The number of anilines is 3. The summed E-state index contributed by atoms with van der Waals surface area (Å²) in [5.41, 5.74) is 2.82. The van der Waals surface area contributed by atoms with E-state index in [1.54, 1.807) is 7.11 Å². The van der Waals surface area contributed by atoms with Gasteiger partial charge in [0, 0.05) is 36.1 Å². The van der Waals surface area contributed by atoms with Gasteiger partial charge in [0.15, 0.2) is 0 Å². The minimum absolute atomic E-state index is 0.577. The van der Waals surface area contributed by atoms with E-state index in [2.05, 4.69) is 20.6 Å². The van der Waals surface area contributed by atoms with Gasteiger partial charge < -0.3 is 15.4 Å². The van der Waals surface area contributed by atoms with Crippen LogP contribution in [0.5, 0.6) is 0 Å². The van der Waals surface area contributed by atoms with Crippen LogP contribution in [-0.2, 0) is 4.74 Å². The summed E-state index contributed by atoms with van der Waals surface area (Å²) in [7, 11) is 1.66. The summed E-state index contributed by atoms with van der Waals surface area (Å²) >= 11 is 6.13. The highest BCUT2D eigenvalue weighted by Crippen LogP contribution is 2.23. The fraction of sp³-hybridized carbons (Fsp3) is 0.333. The topological polar surface area (TPSA) is 59.1 Å². The number of ether oxygens (including phenoxy) is 1. The second-order valence-corrected chi connectivity index (χ2v) is 5.13. The fourth-order valence-corrected chi connectivity index (χ4v) is 1.98. The van der Waals surface area contributed by atoms with Gasteiger partial charge in [0.05, 0.1) is 6.61 Å². The molecule has 0 aliphatic rings. The molecule has 0 saturated carbocycles. The Labute approximate surface area is 129 Å². The Morgan fingerprint density at radius 2 is 2.00 bits per heavy atom. The van der Waals surface area contributed by atoms with E-state index in [1.807, 2.05) is 38.1 Å². The monoisotopic (exact) mass is 306 g/mol. The first-order chi connectivity index (χ1) is 10.1. The molecule has 0 fully saturated rings. The molecule has 2 N–H and O–H groups in total. The van der Waals surface area contributed by atoms with E-state index in [9.17, 15) is 0 Å². The van der Waals surface area contributed by atoms with Crippen LogP contribution in [-0.4, -0.2) is 30.2 Å². The first-order valence-electron chi connectivity index (χ1n) is 6.70. The van der Waals surface area contributed by atoms with E-state index in [4.69, 9.17) is 16.3 Å². The van der Waals surface area contributed by atoms with Crippen LogP contribution in [0.3, 0.4) is 0 Å². The Morgan fingerprint density at radius 1 is 1.19 bits per heavy atom. The maximum atomic E-state index is 6.13. The molecule has 0 saturated heterocycles. The Balaban J connectivity index is 2.13. The molecule has 0 bridgehead atoms. The molecule has 1 aromatic heterocycles. The summed E-state index contributed by atoms with van der Waals surface area (Å²) in [5, 5.41) is 7.08. The molecule has 0 atom stereocenters. The van der Waals surface area contributed by atoms with Crippen molar-refractivity contribution in [1.29, 1.82) is 0 Å². The summed E-state index contributed by atoms with van der Waals surface area (Å²) in [4.78, 5) is 8.76. The molecule has 0 aliphatic heterocycles. The number of halogens is 1. The average molecular weight is 307 g/mol. The average Bonchev–Trinajstić information content (AvgIpc) is 2.43. The summed E-state index contributed by atoms with van der Waals surface area (Å²) < 4.78 is 5.00. The molecule has 0 unspecified atom stereocenters. The zero-order valence-corrected chi connectivity index (χ0v) is 13.2. The smallest absolute Gasteiger partial charge is 0.224 e. The summed E-state index contributed by atoms with van der Waals surface area (Å²) in [6, 6.07) is 7.70. The lowest BCUT2D eigenvalue weighted by atomic mass is 10.2. The molecule has 0 amide bonds. The van der Waals surface area contributed by atoms with Gasteiger partial charge in [0.25, 0.3) is 0 Å². The van der Waals surface area contributed by atoms with E-state index in [-0.39, 0.29) is 0 Å². The zero-order chi connectivity index (χ0) is 15.2. The molecule has 6 heteroatoms. The van der Waals surface area contributed by atoms with Crippen molar-refractivity contribution in [3.63, 3.8) is 0 Å². The van der Waals surface area contributed by atoms with Gasteiger partial charge in [-0.15, -0.1) is 0 Å². The number of aryl methyl sites for hydroxylation is 2. The van der Waals surface area contributed by atoms with Crippen LogP contribution in [0.25, 0.3) is 0 Å². The molecule has 0 spiro atoms. The highest BCUT2D eigenvalue weighted by Gasteiger charge is 2.04. The van der Waals surface area contributed by atoms with E-state index >= 15 is 0 Å². The molecule has 0 radical (unpaired) electrons. The molecule has 112 valence electrons. The van der Waals surface area contributed by atoms with Crippen LogP contribution in [0, 0.1) is 13.8 Å². The maximum absolute atomic E-state index is 6.13. The van der Waals surface area contributed by atoms with Gasteiger partial charge in [-0.3, -0.25) is 0 Å². The Hall–Kier alpha value is -1.85. The highest BCUT2D eigenvalue weighted by atomic mass is 35.5. The van der Waals surface area contributed by atoms with E-state index in [1.165, 1.54) is 0 Å². The number of nitrogens with one attached hydrogen (secondary N) is 2. The minimum Gasteiger partial charge on any atom is -0.383 e. The standard InChI is InChI=1S/C15H19ClN4O/c1-10-4-5-12(9-13(10)16)19-14-8-11(2)18-15(20-14)17-6-7-21-3/h4-5,8-9H,6-7H2,1-3H3,(H2,17,18,19,20). The van der Waals surface area contributed by atoms with Crippen molar-refractivity contribution >= 4 is 29.1 Å². The van der Waals surface area contributed by atoms with Gasteiger partial charge in [0.1, 0.15) is 5.82 Å².